The van der Waals surface area contributed by atoms with E-state index in [0.29, 0.717) is 19.4 Å². The highest BCUT2D eigenvalue weighted by Gasteiger charge is 2.49. The lowest BCUT2D eigenvalue weighted by molar-refractivity contribution is -0.172. The maximum atomic E-state index is 12.0. The first-order valence-electron chi connectivity index (χ1n) is 6.99. The van der Waals surface area contributed by atoms with E-state index in [0.717, 1.165) is 26.1 Å². The first kappa shape index (κ1) is 15.4. The molecule has 1 aliphatic heterocycles. The topological polar surface area (TPSA) is 49.8 Å². The van der Waals surface area contributed by atoms with Gasteiger partial charge < -0.3 is 14.7 Å². The molecule has 4 heteroatoms. The quantitative estimate of drug-likeness (QED) is 0.780. The van der Waals surface area contributed by atoms with Gasteiger partial charge in [0.2, 0.25) is 0 Å². The van der Waals surface area contributed by atoms with Crippen LogP contribution in [0.1, 0.15) is 47.0 Å². The van der Waals surface area contributed by atoms with Gasteiger partial charge in [0.05, 0.1) is 17.6 Å². The molecule has 0 radical (unpaired) electrons. The Hall–Kier alpha value is -0.610. The van der Waals surface area contributed by atoms with Crippen molar-refractivity contribution in [2.75, 3.05) is 26.2 Å². The molecule has 1 N–H and O–H groups in total. The third-order valence-electron chi connectivity index (χ3n) is 4.30. The molecule has 0 amide bonds. The predicted molar refractivity (Wildman–Crippen MR) is 71.3 cm³/mol. The van der Waals surface area contributed by atoms with Gasteiger partial charge in [-0.05, 0) is 53.1 Å². The van der Waals surface area contributed by atoms with Gasteiger partial charge in [0, 0.05) is 6.54 Å². The molecule has 1 saturated heterocycles. The molecule has 1 unspecified atom stereocenters. The van der Waals surface area contributed by atoms with Gasteiger partial charge >= 0.3 is 5.97 Å². The number of carbonyl (C=O) groups excluding carboxylic acids is 1. The molecule has 1 heterocycles. The predicted octanol–water partition coefficient (Wildman–Crippen LogP) is 1.81. The Kier molecular flexibility index (Phi) is 5.17. The third kappa shape index (κ3) is 3.04. The van der Waals surface area contributed by atoms with Gasteiger partial charge in [-0.15, -0.1) is 0 Å². The van der Waals surface area contributed by atoms with Crippen LogP contribution in [0.2, 0.25) is 0 Å². The minimum absolute atomic E-state index is 0.294. The Bertz CT molecular complexity index is 291. The molecule has 0 spiro atoms. The summed E-state index contributed by atoms with van der Waals surface area (Å²) in [6.07, 6.45) is 2.22. The van der Waals surface area contributed by atoms with E-state index in [1.807, 2.05) is 0 Å². The molecule has 0 aromatic heterocycles. The molecule has 1 aliphatic rings. The highest BCUT2D eigenvalue weighted by molar-refractivity contribution is 5.77. The van der Waals surface area contributed by atoms with E-state index >= 15 is 0 Å². The van der Waals surface area contributed by atoms with E-state index in [2.05, 4.69) is 11.8 Å². The van der Waals surface area contributed by atoms with Crippen molar-refractivity contribution in [2.24, 2.45) is 5.41 Å². The van der Waals surface area contributed by atoms with E-state index in [-0.39, 0.29) is 5.97 Å². The van der Waals surface area contributed by atoms with Crippen molar-refractivity contribution in [1.82, 2.24) is 4.90 Å². The van der Waals surface area contributed by atoms with Gasteiger partial charge in [0.15, 0.2) is 0 Å². The summed E-state index contributed by atoms with van der Waals surface area (Å²) >= 11 is 0. The molecular weight excluding hydrogens is 230 g/mol. The van der Waals surface area contributed by atoms with E-state index < -0.39 is 11.0 Å². The lowest BCUT2D eigenvalue weighted by atomic mass is 9.70. The lowest BCUT2D eigenvalue weighted by Crippen LogP contribution is -2.50. The third-order valence-corrected chi connectivity index (χ3v) is 4.30. The molecule has 0 aromatic carbocycles. The number of rotatable bonds is 4. The number of carbonyl (C=O) groups is 1. The zero-order valence-electron chi connectivity index (χ0n) is 12.2. The van der Waals surface area contributed by atoms with E-state index in [1.54, 1.807) is 20.8 Å². The van der Waals surface area contributed by atoms with Gasteiger partial charge in [-0.3, -0.25) is 4.79 Å². The van der Waals surface area contributed by atoms with Crippen LogP contribution in [-0.2, 0) is 9.53 Å². The smallest absolute Gasteiger partial charge is 0.314 e. The molecule has 0 aromatic rings. The van der Waals surface area contributed by atoms with Crippen LogP contribution in [0, 0.1) is 5.41 Å². The van der Waals surface area contributed by atoms with E-state index in [9.17, 15) is 9.90 Å². The molecule has 0 saturated carbocycles. The van der Waals surface area contributed by atoms with Gasteiger partial charge in [-0.1, -0.05) is 6.92 Å². The minimum atomic E-state index is -0.955. The fourth-order valence-electron chi connectivity index (χ4n) is 2.62. The van der Waals surface area contributed by atoms with Crippen LogP contribution in [0.3, 0.4) is 0 Å². The highest BCUT2D eigenvalue weighted by atomic mass is 16.5. The molecule has 0 aliphatic carbocycles. The zero-order chi connectivity index (χ0) is 13.8. The summed E-state index contributed by atoms with van der Waals surface area (Å²) < 4.78 is 5.11. The van der Waals surface area contributed by atoms with Crippen LogP contribution in [0.5, 0.6) is 0 Å². The van der Waals surface area contributed by atoms with Gasteiger partial charge in [-0.25, -0.2) is 0 Å². The highest BCUT2D eigenvalue weighted by Crippen LogP contribution is 2.40. The van der Waals surface area contributed by atoms with Gasteiger partial charge in [0.1, 0.15) is 0 Å². The van der Waals surface area contributed by atoms with Crippen molar-refractivity contribution >= 4 is 5.97 Å². The summed E-state index contributed by atoms with van der Waals surface area (Å²) in [7, 11) is 0. The SMILES string of the molecule is CCOC(=O)C(C)(C)C1(O)CCCN(CC)CC1. The first-order chi connectivity index (χ1) is 8.37. The van der Waals surface area contributed by atoms with Crippen molar-refractivity contribution < 1.29 is 14.6 Å². The average molecular weight is 257 g/mol. The van der Waals surface area contributed by atoms with Crippen molar-refractivity contribution in [3.8, 4) is 0 Å². The normalized spacial score (nSPS) is 26.7. The van der Waals surface area contributed by atoms with Crippen LogP contribution in [-0.4, -0.2) is 47.8 Å². The van der Waals surface area contributed by atoms with Crippen molar-refractivity contribution in [1.29, 1.82) is 0 Å². The number of hydrogen-bond acceptors (Lipinski definition) is 4. The molecule has 1 rings (SSSR count). The number of nitrogens with zero attached hydrogens (tertiary/aromatic N) is 1. The second-order valence-corrected chi connectivity index (χ2v) is 5.66. The molecule has 18 heavy (non-hydrogen) atoms. The molecule has 0 bridgehead atoms. The first-order valence-corrected chi connectivity index (χ1v) is 6.99. The van der Waals surface area contributed by atoms with Crippen molar-refractivity contribution in [3.05, 3.63) is 0 Å². The van der Waals surface area contributed by atoms with Gasteiger partial charge in [-0.2, -0.15) is 0 Å². The number of esters is 1. The molecule has 106 valence electrons. The monoisotopic (exact) mass is 257 g/mol. The van der Waals surface area contributed by atoms with Crippen LogP contribution >= 0.6 is 0 Å². The molecule has 4 nitrogen and oxygen atoms in total. The number of aliphatic hydroxyl groups is 1. The van der Waals surface area contributed by atoms with Crippen molar-refractivity contribution in [3.63, 3.8) is 0 Å². The number of hydrogen-bond donors (Lipinski definition) is 1. The summed E-state index contributed by atoms with van der Waals surface area (Å²) in [5.74, 6) is -0.294. The number of likely N-dealkylation sites (tertiary alicyclic amines) is 1. The fourth-order valence-corrected chi connectivity index (χ4v) is 2.62. The van der Waals surface area contributed by atoms with E-state index in [4.69, 9.17) is 4.74 Å². The van der Waals surface area contributed by atoms with Crippen LogP contribution in [0.25, 0.3) is 0 Å². The zero-order valence-corrected chi connectivity index (χ0v) is 12.2. The largest absolute Gasteiger partial charge is 0.465 e. The van der Waals surface area contributed by atoms with Crippen molar-refractivity contribution in [2.45, 2.75) is 52.6 Å². The molecule has 1 fully saturated rings. The second-order valence-electron chi connectivity index (χ2n) is 5.66. The lowest BCUT2D eigenvalue weighted by Gasteiger charge is -2.40. The molecule has 1 atom stereocenters. The van der Waals surface area contributed by atoms with Crippen LogP contribution in [0.4, 0.5) is 0 Å². The Balaban J connectivity index is 2.81. The maximum Gasteiger partial charge on any atom is 0.314 e. The van der Waals surface area contributed by atoms with Crippen LogP contribution < -0.4 is 0 Å². The van der Waals surface area contributed by atoms with Gasteiger partial charge in [0.25, 0.3) is 0 Å². The van der Waals surface area contributed by atoms with E-state index in [1.165, 1.54) is 0 Å². The maximum absolute atomic E-state index is 12.0. The Morgan fingerprint density at radius 3 is 2.56 bits per heavy atom. The summed E-state index contributed by atoms with van der Waals surface area (Å²) in [5.41, 5.74) is -1.80. The summed E-state index contributed by atoms with van der Waals surface area (Å²) in [6.45, 7) is 10.7. The minimum Gasteiger partial charge on any atom is -0.465 e. The average Bonchev–Trinajstić information content (AvgIpc) is 2.52. The second kappa shape index (κ2) is 6.02. The van der Waals surface area contributed by atoms with Crippen LogP contribution in [0.15, 0.2) is 0 Å². The summed E-state index contributed by atoms with van der Waals surface area (Å²) in [5, 5.41) is 10.9. The Morgan fingerprint density at radius 1 is 1.33 bits per heavy atom. The summed E-state index contributed by atoms with van der Waals surface area (Å²) in [4.78, 5) is 14.4. The Labute approximate surface area is 110 Å². The molecular formula is C14H27NO3. The fraction of sp³-hybridized carbons (Fsp3) is 0.929. The number of ether oxygens (including phenoxy) is 1. The Morgan fingerprint density at radius 2 is 2.00 bits per heavy atom. The standard InChI is InChI=1S/C14H27NO3/c1-5-15-10-7-8-14(17,9-11-15)13(3,4)12(16)18-6-2/h17H,5-11H2,1-4H3. The summed E-state index contributed by atoms with van der Waals surface area (Å²) in [6, 6.07) is 0.